The van der Waals surface area contributed by atoms with Crippen molar-refractivity contribution in [1.82, 2.24) is 14.8 Å². The van der Waals surface area contributed by atoms with Gasteiger partial charge in [-0.05, 0) is 60.8 Å². The number of aryl methyl sites for hydroxylation is 1. The molecule has 0 aliphatic carbocycles. The largest absolute Gasteiger partial charge is 0.481 e. The van der Waals surface area contributed by atoms with Crippen LogP contribution in [0.4, 0.5) is 8.78 Å². The Morgan fingerprint density at radius 1 is 1.33 bits per heavy atom. The summed E-state index contributed by atoms with van der Waals surface area (Å²) in [6, 6.07) is 3.91. The first-order valence-corrected chi connectivity index (χ1v) is 8.18. The Balaban J connectivity index is 0.000000256. The Bertz CT molecular complexity index is 756. The van der Waals surface area contributed by atoms with Gasteiger partial charge >= 0.3 is 5.97 Å². The number of carbonyl (C=O) groups is 1. The van der Waals surface area contributed by atoms with E-state index >= 15 is 0 Å². The van der Waals surface area contributed by atoms with E-state index in [2.05, 4.69) is 26.0 Å². The molecule has 0 radical (unpaired) electrons. The average molecular weight is 402 g/mol. The molecule has 1 aliphatic heterocycles. The van der Waals surface area contributed by atoms with Crippen LogP contribution in [-0.4, -0.2) is 25.8 Å². The topological polar surface area (TPSA) is 68.0 Å². The third-order valence-electron chi connectivity index (χ3n) is 3.58. The number of aliphatic carboxylic acids is 1. The van der Waals surface area contributed by atoms with E-state index in [1.165, 1.54) is 6.07 Å². The molecular weight excluding hydrogens is 384 g/mol. The zero-order valence-electron chi connectivity index (χ0n) is 13.6. The maximum absolute atomic E-state index is 13.2. The molecule has 1 aromatic carbocycles. The number of nitrogens with zero attached hydrogens (tertiary/aromatic N) is 3. The second kappa shape index (κ2) is 6.96. The van der Waals surface area contributed by atoms with Crippen LogP contribution < -0.4 is 0 Å². The lowest BCUT2D eigenvalue weighted by molar-refractivity contribution is -0.145. The molecule has 1 aliphatic rings. The summed E-state index contributed by atoms with van der Waals surface area (Å²) in [5.41, 5.74) is 0.139. The molecule has 1 unspecified atom stereocenters. The molecule has 1 aromatic heterocycles. The first kappa shape index (κ1) is 18.5. The molecule has 24 heavy (non-hydrogen) atoms. The summed E-state index contributed by atoms with van der Waals surface area (Å²) in [5, 5.41) is 12.5. The first-order chi connectivity index (χ1) is 11.1. The second-order valence-electron chi connectivity index (χ2n) is 6.52. The standard InChI is InChI=1S/C11H8BrF2N3.C5H10O2/c12-11-15-10-4-3-9(17(10)16-11)6-1-2-7(13)8(14)5-6;1-5(2,3)4(6)7/h1-2,5,9H,3-4H2;1-3H3,(H,6,7). The van der Waals surface area contributed by atoms with Gasteiger partial charge in [0.15, 0.2) is 11.6 Å². The van der Waals surface area contributed by atoms with Crippen LogP contribution >= 0.6 is 15.9 Å². The first-order valence-electron chi connectivity index (χ1n) is 7.39. The third-order valence-corrected chi connectivity index (χ3v) is 3.92. The van der Waals surface area contributed by atoms with Crippen molar-refractivity contribution in [2.45, 2.75) is 39.7 Å². The van der Waals surface area contributed by atoms with Crippen LogP contribution in [0.25, 0.3) is 0 Å². The van der Waals surface area contributed by atoms with Gasteiger partial charge < -0.3 is 5.11 Å². The molecule has 0 fully saturated rings. The van der Waals surface area contributed by atoms with Crippen LogP contribution in [0.15, 0.2) is 22.9 Å². The number of carboxylic acid groups (broad SMARTS) is 1. The molecule has 0 bridgehead atoms. The molecule has 5 nitrogen and oxygen atoms in total. The minimum absolute atomic E-state index is 0.0566. The molecule has 8 heteroatoms. The van der Waals surface area contributed by atoms with Crippen LogP contribution in [-0.2, 0) is 11.2 Å². The van der Waals surface area contributed by atoms with E-state index in [0.29, 0.717) is 4.73 Å². The molecule has 1 atom stereocenters. The van der Waals surface area contributed by atoms with E-state index in [0.717, 1.165) is 30.3 Å². The monoisotopic (exact) mass is 401 g/mol. The van der Waals surface area contributed by atoms with Gasteiger partial charge in [0.05, 0.1) is 11.5 Å². The van der Waals surface area contributed by atoms with Crippen molar-refractivity contribution in [3.8, 4) is 0 Å². The predicted octanol–water partition coefficient (Wildman–Crippen LogP) is 3.97. The highest BCUT2D eigenvalue weighted by Gasteiger charge is 2.27. The van der Waals surface area contributed by atoms with Crippen molar-refractivity contribution >= 4 is 21.9 Å². The summed E-state index contributed by atoms with van der Waals surface area (Å²) in [6.07, 6.45) is 1.61. The number of aromatic nitrogens is 3. The number of rotatable bonds is 1. The lowest BCUT2D eigenvalue weighted by Gasteiger charge is -2.11. The van der Waals surface area contributed by atoms with Crippen LogP contribution in [0.3, 0.4) is 0 Å². The number of benzene rings is 1. The van der Waals surface area contributed by atoms with Gasteiger partial charge in [0.1, 0.15) is 5.82 Å². The van der Waals surface area contributed by atoms with Crippen molar-refractivity contribution in [3.63, 3.8) is 0 Å². The molecule has 0 amide bonds. The van der Waals surface area contributed by atoms with Gasteiger partial charge in [-0.25, -0.2) is 18.4 Å². The molecule has 3 rings (SSSR count). The predicted molar refractivity (Wildman–Crippen MR) is 87.6 cm³/mol. The molecule has 130 valence electrons. The zero-order valence-corrected chi connectivity index (χ0v) is 15.1. The fraction of sp³-hybridized carbons (Fsp3) is 0.438. The van der Waals surface area contributed by atoms with E-state index in [9.17, 15) is 13.6 Å². The molecule has 0 saturated carbocycles. The van der Waals surface area contributed by atoms with Gasteiger partial charge in [-0.3, -0.25) is 4.79 Å². The Hall–Kier alpha value is -1.83. The van der Waals surface area contributed by atoms with Crippen LogP contribution in [0.2, 0.25) is 0 Å². The van der Waals surface area contributed by atoms with E-state index in [-0.39, 0.29) is 6.04 Å². The van der Waals surface area contributed by atoms with Crippen LogP contribution in [0, 0.1) is 17.0 Å². The van der Waals surface area contributed by atoms with Gasteiger partial charge in [-0.15, -0.1) is 5.10 Å². The lowest BCUT2D eigenvalue weighted by atomic mass is 9.98. The number of fused-ring (bicyclic) bond motifs is 1. The highest BCUT2D eigenvalue weighted by Crippen LogP contribution is 2.31. The minimum Gasteiger partial charge on any atom is -0.481 e. The lowest BCUT2D eigenvalue weighted by Crippen LogP contribution is -2.18. The molecule has 2 heterocycles. The van der Waals surface area contributed by atoms with E-state index in [1.807, 2.05) is 0 Å². The minimum atomic E-state index is -0.827. The highest BCUT2D eigenvalue weighted by atomic mass is 79.9. The number of carboxylic acids is 1. The fourth-order valence-electron chi connectivity index (χ4n) is 2.16. The van der Waals surface area contributed by atoms with E-state index in [1.54, 1.807) is 31.5 Å². The van der Waals surface area contributed by atoms with Gasteiger partial charge in [-0.1, -0.05) is 6.07 Å². The average Bonchev–Trinajstić information content (AvgIpc) is 3.00. The molecule has 1 N–H and O–H groups in total. The second-order valence-corrected chi connectivity index (χ2v) is 7.23. The maximum atomic E-state index is 13.2. The highest BCUT2D eigenvalue weighted by molar-refractivity contribution is 9.10. The van der Waals surface area contributed by atoms with Crippen LogP contribution in [0.1, 0.15) is 44.6 Å². The third kappa shape index (κ3) is 4.17. The normalized spacial score (nSPS) is 16.3. The summed E-state index contributed by atoms with van der Waals surface area (Å²) in [5.74, 6) is -1.54. The van der Waals surface area contributed by atoms with Crippen molar-refractivity contribution in [3.05, 3.63) is 46.0 Å². The molecule has 0 spiro atoms. The van der Waals surface area contributed by atoms with Crippen molar-refractivity contribution < 1.29 is 18.7 Å². The van der Waals surface area contributed by atoms with Crippen molar-refractivity contribution in [2.75, 3.05) is 0 Å². The van der Waals surface area contributed by atoms with E-state index < -0.39 is 23.0 Å². The Morgan fingerprint density at radius 2 is 1.96 bits per heavy atom. The summed E-state index contributed by atoms with van der Waals surface area (Å²) >= 11 is 3.21. The van der Waals surface area contributed by atoms with Crippen molar-refractivity contribution in [2.24, 2.45) is 5.41 Å². The zero-order chi connectivity index (χ0) is 18.1. The number of halogens is 3. The SMILES string of the molecule is CC(C)(C)C(=O)O.Fc1ccc(C2CCc3nc(Br)nn32)cc1F. The summed E-state index contributed by atoms with van der Waals surface area (Å²) < 4.78 is 28.3. The van der Waals surface area contributed by atoms with Crippen molar-refractivity contribution in [1.29, 1.82) is 0 Å². The maximum Gasteiger partial charge on any atom is 0.308 e. The van der Waals surface area contributed by atoms with Gasteiger partial charge in [-0.2, -0.15) is 0 Å². The van der Waals surface area contributed by atoms with Crippen LogP contribution in [0.5, 0.6) is 0 Å². The fourth-order valence-corrected chi connectivity index (χ4v) is 2.54. The summed E-state index contributed by atoms with van der Waals surface area (Å²) in [6.45, 7) is 4.99. The summed E-state index contributed by atoms with van der Waals surface area (Å²) in [7, 11) is 0. The number of hydrogen-bond acceptors (Lipinski definition) is 3. The Labute approximate surface area is 146 Å². The van der Waals surface area contributed by atoms with Gasteiger partial charge in [0.25, 0.3) is 0 Å². The summed E-state index contributed by atoms with van der Waals surface area (Å²) in [4.78, 5) is 14.2. The number of hydrogen-bond donors (Lipinski definition) is 1. The molecular formula is C16H18BrF2N3O2. The Kier molecular flexibility index (Phi) is 5.37. The molecule has 0 saturated heterocycles. The van der Waals surface area contributed by atoms with Gasteiger partial charge in [0, 0.05) is 6.42 Å². The molecule has 2 aromatic rings. The Morgan fingerprint density at radius 3 is 2.50 bits per heavy atom. The van der Waals surface area contributed by atoms with E-state index in [4.69, 9.17) is 5.11 Å². The van der Waals surface area contributed by atoms with Gasteiger partial charge in [0.2, 0.25) is 4.73 Å². The quantitative estimate of drug-likeness (QED) is 0.784. The smallest absolute Gasteiger partial charge is 0.308 e.